The van der Waals surface area contributed by atoms with Gasteiger partial charge < -0.3 is 13.7 Å². The average Bonchev–Trinajstić information content (AvgIpc) is 1.52. The molecule has 0 bridgehead atoms. The summed E-state index contributed by atoms with van der Waals surface area (Å²) in [6, 6.07) is 160. The number of fused-ring (bicyclic) bond motifs is 21. The second-order valence-corrected chi connectivity index (χ2v) is 41.9. The van der Waals surface area contributed by atoms with Gasteiger partial charge >= 0.3 is 0 Å². The van der Waals surface area contributed by atoms with Gasteiger partial charge in [-0.25, -0.2) is 0 Å². The van der Waals surface area contributed by atoms with Crippen LogP contribution in [0.2, 0.25) is 0 Å². The number of aromatic nitrogens is 1. The molecule has 6 aliphatic rings. The largest absolute Gasteiger partial charge is 0.309 e. The molecular weight excluding hydrogens is 1570 g/mol. The minimum atomic E-state index is -3.38. The van der Waals surface area contributed by atoms with E-state index in [-0.39, 0.29) is 5.41 Å². The molecule has 0 saturated carbocycles. The van der Waals surface area contributed by atoms with Crippen molar-refractivity contribution in [3.8, 4) is 0 Å². The van der Waals surface area contributed by atoms with Gasteiger partial charge in [0, 0.05) is 64.7 Å². The highest BCUT2D eigenvalue weighted by molar-refractivity contribution is 7.86. The van der Waals surface area contributed by atoms with Crippen molar-refractivity contribution in [1.29, 1.82) is 0 Å². The van der Waals surface area contributed by atoms with Gasteiger partial charge in [0.05, 0.1) is 16.3 Å². The molecule has 4 nitrogen and oxygen atoms in total. The summed E-state index contributed by atoms with van der Waals surface area (Å²) in [6.45, 7) is 4.61. The van der Waals surface area contributed by atoms with E-state index in [1.807, 2.05) is 60.7 Å². The molecule has 19 aromatic rings. The van der Waals surface area contributed by atoms with Crippen molar-refractivity contribution in [2.45, 2.75) is 30.1 Å². The Morgan fingerprint density at radius 3 is 0.840 bits per heavy atom. The van der Waals surface area contributed by atoms with Crippen LogP contribution < -0.4 is 47.7 Å². The van der Waals surface area contributed by atoms with Crippen LogP contribution in [-0.4, -0.2) is 4.98 Å². The lowest BCUT2D eigenvalue weighted by Crippen LogP contribution is -2.32. The van der Waals surface area contributed by atoms with Gasteiger partial charge in [-0.15, -0.1) is 0 Å². The SMILES string of the molecule is CC1(C)C2=C(c3ccccc31)c1ccccc1P(=O)(c1ccc3ccccc3c1)c1ccccc12.O=P1(c2ccc3ccccc3c2)c2ccccc2C2=C(c3ccccc31)C(c1ccccc1)(c1ccccc1)c1ccccc12.O=P1(c2ccc3cccnc3c2)c2ccccc2C2=C(c3ccccc31)C(c1ccccc1)(c1ccccc1)c1ccccc12. The van der Waals surface area contributed by atoms with E-state index in [0.29, 0.717) is 0 Å². The fraction of sp³-hybridized carbons (Fsp3) is 0.0424. The van der Waals surface area contributed by atoms with Gasteiger partial charge in [-0.1, -0.05) is 445 Å². The molecular formula is C118H82NO3P3. The zero-order valence-electron chi connectivity index (χ0n) is 68.9. The maximum atomic E-state index is 16.3. The number of benzene rings is 18. The van der Waals surface area contributed by atoms with Crippen molar-refractivity contribution < 1.29 is 13.7 Å². The standard InChI is InChI=1S/C43H29OP.C42H28NOP.C33H25OP/c44-45(34-28-27-30-15-7-8-16-31(30)29-34)39-25-13-10-22-36(39)41-35-21-9-12-24-38(35)43(32-17-3-1-4-18-32,33-19-5-2-6-20-33)42(41)37-23-11-14-26-40(37)45;44-45(32-26-25-29-14-13-27-43-37(29)28-32)38-23-11-8-20-34(38)40-33-19-7-10-22-36(33)42(30-15-3-1-4-16-30,31-17-5-2-6-18-31)41(40)35-21-9-12-24-39(35)45;1-33(2)28-16-8-5-13-25(28)31-26-14-6-9-17-29(26)35(34,30-18-10-7-15-27(30)32(31)33)24-20-19-22-11-3-4-12-23(22)21-24/h1-29H;1-28H;3-21H,1-2H3. The van der Waals surface area contributed by atoms with Crippen molar-refractivity contribution in [2.75, 3.05) is 0 Å². The molecule has 3 unspecified atom stereocenters. The van der Waals surface area contributed by atoms with E-state index in [2.05, 4.69) is 413 Å². The third-order valence-corrected chi connectivity index (χ3v) is 36.7. The number of nitrogens with zero attached hydrogens (tertiary/aromatic N) is 1. The molecule has 592 valence electrons. The summed E-state index contributed by atoms with van der Waals surface area (Å²) >= 11 is 0. The topological polar surface area (TPSA) is 64.1 Å². The molecule has 3 aliphatic carbocycles. The summed E-state index contributed by atoms with van der Waals surface area (Å²) in [5.74, 6) is 0. The predicted molar refractivity (Wildman–Crippen MR) is 523 cm³/mol. The molecule has 0 fully saturated rings. The highest BCUT2D eigenvalue weighted by Crippen LogP contribution is 2.66. The molecule has 125 heavy (non-hydrogen) atoms. The summed E-state index contributed by atoms with van der Waals surface area (Å²) < 4.78 is 48.3. The zero-order chi connectivity index (χ0) is 83.8. The molecule has 0 amide bonds. The fourth-order valence-electron chi connectivity index (χ4n) is 22.0. The van der Waals surface area contributed by atoms with Gasteiger partial charge in [0.1, 0.15) is 0 Å². The highest BCUT2D eigenvalue weighted by atomic mass is 31.2. The van der Waals surface area contributed by atoms with Crippen LogP contribution in [-0.2, 0) is 29.9 Å². The maximum absolute atomic E-state index is 16.3. The smallest absolute Gasteiger partial charge is 0.172 e. The highest BCUT2D eigenvalue weighted by Gasteiger charge is 2.56. The summed E-state index contributed by atoms with van der Waals surface area (Å²) in [7, 11) is -9.88. The van der Waals surface area contributed by atoms with E-state index < -0.39 is 32.3 Å². The fourth-order valence-corrected chi connectivity index (χ4v) is 31.2. The van der Waals surface area contributed by atoms with Crippen molar-refractivity contribution in [2.24, 2.45) is 0 Å². The monoisotopic (exact) mass is 1650 g/mol. The molecule has 4 heterocycles. The number of pyridine rings is 1. The van der Waals surface area contributed by atoms with Gasteiger partial charge in [0.2, 0.25) is 0 Å². The van der Waals surface area contributed by atoms with Crippen LogP contribution >= 0.6 is 21.4 Å². The van der Waals surface area contributed by atoms with Crippen LogP contribution in [0, 0.1) is 0 Å². The maximum Gasteiger partial charge on any atom is 0.172 e. The quantitative estimate of drug-likeness (QED) is 0.149. The molecule has 1 aromatic heterocycles. The number of rotatable bonds is 7. The van der Waals surface area contributed by atoms with Gasteiger partial charge in [0.15, 0.2) is 21.4 Å². The van der Waals surface area contributed by atoms with Crippen molar-refractivity contribution in [3.05, 3.63) is 550 Å². The Morgan fingerprint density at radius 2 is 0.464 bits per heavy atom. The van der Waals surface area contributed by atoms with E-state index >= 15 is 13.7 Å². The average molecular weight is 1650 g/mol. The second-order valence-electron chi connectivity index (χ2n) is 33.8. The minimum absolute atomic E-state index is 0.201. The Hall–Kier alpha value is -14.2. The first kappa shape index (κ1) is 75.7. The molecule has 18 aromatic carbocycles. The minimum Gasteiger partial charge on any atom is -0.309 e. The molecule has 25 rings (SSSR count). The molecule has 3 atom stereocenters. The molecule has 0 N–H and O–H groups in total. The molecule has 0 radical (unpaired) electrons. The van der Waals surface area contributed by atoms with E-state index in [9.17, 15) is 0 Å². The Balaban J connectivity index is 0.000000109. The van der Waals surface area contributed by atoms with Gasteiger partial charge in [-0.3, -0.25) is 4.98 Å². The molecule has 7 heteroatoms. The number of hydrogen-bond acceptors (Lipinski definition) is 4. The Kier molecular flexibility index (Phi) is 17.9. The lowest BCUT2D eigenvalue weighted by Gasteiger charge is -2.37. The zero-order valence-corrected chi connectivity index (χ0v) is 71.6. The second kappa shape index (κ2) is 29.5. The van der Waals surface area contributed by atoms with Crippen LogP contribution in [0.25, 0.3) is 65.9 Å². The summed E-state index contributed by atoms with van der Waals surface area (Å²) in [5, 5.41) is 13.5. The normalized spacial score (nSPS) is 18.1. The summed E-state index contributed by atoms with van der Waals surface area (Å²) in [4.78, 5) is 4.66. The van der Waals surface area contributed by atoms with Crippen molar-refractivity contribution in [3.63, 3.8) is 0 Å². The lowest BCUT2D eigenvalue weighted by atomic mass is 9.65. The van der Waals surface area contributed by atoms with Gasteiger partial charge in [-0.2, -0.15) is 0 Å². The van der Waals surface area contributed by atoms with Crippen molar-refractivity contribution in [1.82, 2.24) is 4.98 Å². The van der Waals surface area contributed by atoms with Crippen molar-refractivity contribution >= 4 is 135 Å². The van der Waals surface area contributed by atoms with E-state index in [1.165, 1.54) is 83.5 Å². The first-order valence-corrected chi connectivity index (χ1v) is 48.1. The Bertz CT molecular complexity index is 7520. The summed E-state index contributed by atoms with van der Waals surface area (Å²) in [6.07, 6.45) is 1.80. The van der Waals surface area contributed by atoms with Crippen LogP contribution in [0.15, 0.2) is 461 Å². The molecule has 3 aliphatic heterocycles. The van der Waals surface area contributed by atoms with Crippen LogP contribution in [0.1, 0.15) is 103 Å². The van der Waals surface area contributed by atoms with Crippen LogP contribution in [0.5, 0.6) is 0 Å². The third-order valence-electron chi connectivity index (χ3n) is 27.2. The lowest BCUT2D eigenvalue weighted by molar-refractivity contribution is 0.591. The van der Waals surface area contributed by atoms with Crippen LogP contribution in [0.4, 0.5) is 0 Å². The first-order chi connectivity index (χ1) is 61.4. The van der Waals surface area contributed by atoms with Gasteiger partial charge in [-0.05, 0) is 168 Å². The van der Waals surface area contributed by atoms with E-state index in [1.54, 1.807) is 6.20 Å². The van der Waals surface area contributed by atoms with Gasteiger partial charge in [0.25, 0.3) is 0 Å². The summed E-state index contributed by atoms with van der Waals surface area (Å²) in [5.41, 5.74) is 25.1. The molecule has 0 spiro atoms. The van der Waals surface area contributed by atoms with E-state index in [0.717, 1.165) is 119 Å². The number of allylic oxidation sites excluding steroid dienone is 3. The Morgan fingerprint density at radius 1 is 0.208 bits per heavy atom. The first-order valence-electron chi connectivity index (χ1n) is 43.0. The van der Waals surface area contributed by atoms with E-state index in [4.69, 9.17) is 0 Å². The van der Waals surface area contributed by atoms with Crippen LogP contribution in [0.3, 0.4) is 0 Å². The molecule has 0 saturated heterocycles. The Labute approximate surface area is 728 Å². The predicted octanol–water partition coefficient (Wildman–Crippen LogP) is 24.6. The third kappa shape index (κ3) is 11.1. The number of hydrogen-bond donors (Lipinski definition) is 0.